The van der Waals surface area contributed by atoms with E-state index in [4.69, 9.17) is 20.9 Å². The van der Waals surface area contributed by atoms with E-state index in [0.29, 0.717) is 22.8 Å². The highest BCUT2D eigenvalue weighted by Gasteiger charge is 2.35. The zero-order valence-electron chi connectivity index (χ0n) is 14.7. The number of alkyl halides is 3. The molecule has 2 heterocycles. The smallest absolute Gasteiger partial charge is 0.435 e. The average Bonchev–Trinajstić information content (AvgIpc) is 3.37. The molecule has 5 nitrogen and oxygen atoms in total. The largest absolute Gasteiger partial charge is 0.487 e. The van der Waals surface area contributed by atoms with Crippen LogP contribution in [0.25, 0.3) is 17.0 Å². The molecule has 0 aliphatic heterocycles. The minimum absolute atomic E-state index is 0.167. The van der Waals surface area contributed by atoms with Crippen LogP contribution in [0.4, 0.5) is 13.2 Å². The maximum absolute atomic E-state index is 13.2. The van der Waals surface area contributed by atoms with Crippen LogP contribution in [0.5, 0.6) is 5.75 Å². The zero-order chi connectivity index (χ0) is 20.4. The highest BCUT2D eigenvalue weighted by molar-refractivity contribution is 6.32. The minimum atomic E-state index is -4.60. The van der Waals surface area contributed by atoms with Gasteiger partial charge in [0.1, 0.15) is 12.4 Å². The first-order valence-electron chi connectivity index (χ1n) is 8.47. The van der Waals surface area contributed by atoms with Crippen molar-refractivity contribution >= 4 is 11.6 Å². The molecule has 0 spiro atoms. The fourth-order valence-corrected chi connectivity index (χ4v) is 3.01. The summed E-state index contributed by atoms with van der Waals surface area (Å²) in [6.07, 6.45) is -3.10. The lowest BCUT2D eigenvalue weighted by Gasteiger charge is -2.12. The first kappa shape index (κ1) is 19.1. The van der Waals surface area contributed by atoms with Crippen molar-refractivity contribution in [3.63, 3.8) is 0 Å². The van der Waals surface area contributed by atoms with Crippen LogP contribution in [0.2, 0.25) is 5.02 Å². The van der Waals surface area contributed by atoms with Crippen molar-refractivity contribution < 1.29 is 22.4 Å². The molecular weight excluding hydrogens is 407 g/mol. The number of nitrogens with zero attached hydrogens (tertiary/aromatic N) is 3. The van der Waals surface area contributed by atoms with Crippen LogP contribution in [0.15, 0.2) is 71.4 Å². The molecule has 0 N–H and O–H groups in total. The Morgan fingerprint density at radius 3 is 2.52 bits per heavy atom. The standard InChI is InChI=1S/C20H13ClF3N3O2/c21-15-6-2-3-7-16(15)27-13(11-19(26-27)20(22,23)24)12-28-17-8-4-1-5-14(17)18-9-10-25-29-18/h1-11H,12H2. The third kappa shape index (κ3) is 3.97. The van der Waals surface area contributed by atoms with E-state index in [1.165, 1.54) is 6.20 Å². The van der Waals surface area contributed by atoms with Gasteiger partial charge in [-0.3, -0.25) is 0 Å². The van der Waals surface area contributed by atoms with Crippen molar-refractivity contribution in [3.05, 3.63) is 83.3 Å². The van der Waals surface area contributed by atoms with Gasteiger partial charge in [0.25, 0.3) is 0 Å². The van der Waals surface area contributed by atoms with Crippen LogP contribution in [-0.4, -0.2) is 14.9 Å². The highest BCUT2D eigenvalue weighted by atomic mass is 35.5. The molecule has 2 aromatic carbocycles. The van der Waals surface area contributed by atoms with Gasteiger partial charge in [0, 0.05) is 6.07 Å². The second kappa shape index (κ2) is 7.63. The van der Waals surface area contributed by atoms with Gasteiger partial charge in [-0.05, 0) is 30.3 Å². The lowest BCUT2D eigenvalue weighted by molar-refractivity contribution is -0.141. The van der Waals surface area contributed by atoms with Crippen LogP contribution < -0.4 is 4.74 Å². The molecule has 0 unspecified atom stereocenters. The first-order chi connectivity index (χ1) is 13.9. The Kier molecular flexibility index (Phi) is 5.02. The number of para-hydroxylation sites is 2. The Morgan fingerprint density at radius 2 is 1.79 bits per heavy atom. The van der Waals surface area contributed by atoms with E-state index in [2.05, 4.69) is 10.3 Å². The molecular formula is C20H13ClF3N3O2. The fraction of sp³-hybridized carbons (Fsp3) is 0.100. The van der Waals surface area contributed by atoms with E-state index >= 15 is 0 Å². The molecule has 2 aromatic heterocycles. The number of hydrogen-bond acceptors (Lipinski definition) is 4. The quantitative estimate of drug-likeness (QED) is 0.411. The third-order valence-electron chi connectivity index (χ3n) is 4.12. The van der Waals surface area contributed by atoms with Crippen LogP contribution in [0.1, 0.15) is 11.4 Å². The summed E-state index contributed by atoms with van der Waals surface area (Å²) in [6, 6.07) is 16.1. The zero-order valence-corrected chi connectivity index (χ0v) is 15.5. The summed E-state index contributed by atoms with van der Waals surface area (Å²) in [5.74, 6) is 0.918. The van der Waals surface area contributed by atoms with Crippen molar-refractivity contribution in [2.45, 2.75) is 12.8 Å². The van der Waals surface area contributed by atoms with Gasteiger partial charge in [0.15, 0.2) is 11.5 Å². The Bertz CT molecular complexity index is 1120. The topological polar surface area (TPSA) is 53.1 Å². The molecule has 0 bridgehead atoms. The fourth-order valence-electron chi connectivity index (χ4n) is 2.80. The van der Waals surface area contributed by atoms with E-state index in [9.17, 15) is 13.2 Å². The second-order valence-corrected chi connectivity index (χ2v) is 6.45. The Labute approximate surface area is 168 Å². The van der Waals surface area contributed by atoms with E-state index in [0.717, 1.165) is 10.7 Å². The van der Waals surface area contributed by atoms with Crippen LogP contribution in [0, 0.1) is 0 Å². The van der Waals surface area contributed by atoms with Gasteiger partial charge in [-0.1, -0.05) is 41.0 Å². The van der Waals surface area contributed by atoms with Crippen molar-refractivity contribution in [2.75, 3.05) is 0 Å². The number of ether oxygens (including phenoxy) is 1. The molecule has 0 atom stereocenters. The molecule has 0 amide bonds. The molecule has 0 fully saturated rings. The van der Waals surface area contributed by atoms with Gasteiger partial charge in [-0.25, -0.2) is 4.68 Å². The number of benzene rings is 2. The molecule has 0 radical (unpaired) electrons. The summed E-state index contributed by atoms with van der Waals surface area (Å²) in [5, 5.41) is 7.63. The van der Waals surface area contributed by atoms with E-state index in [1.54, 1.807) is 54.6 Å². The molecule has 0 aliphatic rings. The summed E-state index contributed by atoms with van der Waals surface area (Å²) in [4.78, 5) is 0. The molecule has 29 heavy (non-hydrogen) atoms. The summed E-state index contributed by atoms with van der Waals surface area (Å²) >= 11 is 6.16. The molecule has 0 aliphatic carbocycles. The lowest BCUT2D eigenvalue weighted by Crippen LogP contribution is -2.08. The lowest BCUT2D eigenvalue weighted by atomic mass is 10.1. The van der Waals surface area contributed by atoms with Crippen molar-refractivity contribution in [1.82, 2.24) is 14.9 Å². The maximum atomic E-state index is 13.2. The van der Waals surface area contributed by atoms with Gasteiger partial charge >= 0.3 is 6.18 Å². The molecule has 0 saturated heterocycles. The van der Waals surface area contributed by atoms with E-state index in [-0.39, 0.29) is 17.3 Å². The van der Waals surface area contributed by atoms with Crippen molar-refractivity contribution in [2.24, 2.45) is 0 Å². The van der Waals surface area contributed by atoms with Crippen molar-refractivity contribution in [1.29, 1.82) is 0 Å². The van der Waals surface area contributed by atoms with E-state index in [1.807, 2.05) is 0 Å². The van der Waals surface area contributed by atoms with Gasteiger partial charge in [-0.15, -0.1) is 0 Å². The van der Waals surface area contributed by atoms with E-state index < -0.39 is 11.9 Å². The van der Waals surface area contributed by atoms with Gasteiger partial charge < -0.3 is 9.26 Å². The molecule has 148 valence electrons. The molecule has 0 saturated carbocycles. The minimum Gasteiger partial charge on any atom is -0.487 e. The normalized spacial score (nSPS) is 11.6. The summed E-state index contributed by atoms with van der Waals surface area (Å²) in [5.41, 5.74) is 0.119. The van der Waals surface area contributed by atoms with Crippen molar-refractivity contribution in [3.8, 4) is 22.8 Å². The molecule has 4 aromatic rings. The number of aromatic nitrogens is 3. The van der Waals surface area contributed by atoms with Crippen LogP contribution in [-0.2, 0) is 12.8 Å². The number of halogens is 4. The van der Waals surface area contributed by atoms with Gasteiger partial charge in [0.05, 0.1) is 28.2 Å². The summed E-state index contributed by atoms with van der Waals surface area (Å²) in [7, 11) is 0. The summed E-state index contributed by atoms with van der Waals surface area (Å²) < 4.78 is 51.8. The number of hydrogen-bond donors (Lipinski definition) is 0. The molecule has 9 heteroatoms. The predicted octanol–water partition coefficient (Wildman–Crippen LogP) is 5.78. The van der Waals surface area contributed by atoms with Gasteiger partial charge in [0.2, 0.25) is 0 Å². The predicted molar refractivity (Wildman–Crippen MR) is 99.8 cm³/mol. The van der Waals surface area contributed by atoms with Gasteiger partial charge in [-0.2, -0.15) is 18.3 Å². The second-order valence-electron chi connectivity index (χ2n) is 6.04. The number of rotatable bonds is 5. The average molecular weight is 420 g/mol. The SMILES string of the molecule is FC(F)(F)c1cc(COc2ccccc2-c2ccno2)n(-c2ccccc2Cl)n1. The van der Waals surface area contributed by atoms with Crippen LogP contribution >= 0.6 is 11.6 Å². The highest BCUT2D eigenvalue weighted by Crippen LogP contribution is 2.33. The maximum Gasteiger partial charge on any atom is 0.435 e. The Hall–Kier alpha value is -3.26. The molecule has 4 rings (SSSR count). The van der Waals surface area contributed by atoms with Crippen LogP contribution in [0.3, 0.4) is 0 Å². The first-order valence-corrected chi connectivity index (χ1v) is 8.85. The summed E-state index contributed by atoms with van der Waals surface area (Å²) in [6.45, 7) is -0.167. The monoisotopic (exact) mass is 419 g/mol. The Balaban J connectivity index is 1.70. The Morgan fingerprint density at radius 1 is 1.03 bits per heavy atom. The third-order valence-corrected chi connectivity index (χ3v) is 4.44.